The Morgan fingerprint density at radius 3 is 2.43 bits per heavy atom. The van der Waals surface area contributed by atoms with Gasteiger partial charge in [0.1, 0.15) is 0 Å². The lowest BCUT2D eigenvalue weighted by Gasteiger charge is -2.12. The predicted molar refractivity (Wildman–Crippen MR) is 89.2 cm³/mol. The molecule has 0 nitrogen and oxygen atoms in total. The molecule has 0 N–H and O–H groups in total. The van der Waals surface area contributed by atoms with Crippen LogP contribution in [-0.2, 0) is 0 Å². The second kappa shape index (κ2) is 4.08. The number of benzene rings is 3. The van der Waals surface area contributed by atoms with Crippen molar-refractivity contribution in [1.29, 1.82) is 0 Å². The normalized spacial score (nSPS) is 21.9. The van der Waals surface area contributed by atoms with E-state index in [0.29, 0.717) is 0 Å². The zero-order valence-corrected chi connectivity index (χ0v) is 11.8. The fraction of sp³-hybridized carbons (Fsp3) is 0.143. The summed E-state index contributed by atoms with van der Waals surface area (Å²) in [5.41, 5.74) is 2.74. The molecule has 100 valence electrons. The summed E-state index contributed by atoms with van der Waals surface area (Å²) in [4.78, 5) is 0. The highest BCUT2D eigenvalue weighted by molar-refractivity contribution is 5.97. The monoisotopic (exact) mass is 268 g/mol. The van der Waals surface area contributed by atoms with Gasteiger partial charge in [0.25, 0.3) is 0 Å². The molecule has 2 aliphatic rings. The van der Waals surface area contributed by atoms with E-state index in [2.05, 4.69) is 72.8 Å². The number of hydrogen-bond acceptors (Lipinski definition) is 0. The molecule has 1 saturated carbocycles. The molecule has 0 radical (unpaired) electrons. The SMILES string of the molecule is C1=c2cc3ccccc3c(-c3ccccc3)c2=CC2CC12. The van der Waals surface area contributed by atoms with Crippen LogP contribution < -0.4 is 10.4 Å². The van der Waals surface area contributed by atoms with Crippen LogP contribution in [0.4, 0.5) is 0 Å². The zero-order chi connectivity index (χ0) is 13.8. The lowest BCUT2D eigenvalue weighted by atomic mass is 9.92. The largest absolute Gasteiger partial charge is 0.0729 e. The molecule has 0 bridgehead atoms. The molecule has 3 aromatic rings. The molecular formula is C21H16. The van der Waals surface area contributed by atoms with Gasteiger partial charge in [0.2, 0.25) is 0 Å². The molecule has 0 saturated heterocycles. The maximum Gasteiger partial charge on any atom is -0.00300 e. The molecule has 3 aromatic carbocycles. The highest BCUT2D eigenvalue weighted by Crippen LogP contribution is 2.42. The summed E-state index contributed by atoms with van der Waals surface area (Å²) in [6, 6.07) is 22.0. The average Bonchev–Trinajstić information content (AvgIpc) is 3.29. The maximum absolute atomic E-state index is 2.51. The van der Waals surface area contributed by atoms with Crippen molar-refractivity contribution in [3.8, 4) is 11.1 Å². The molecule has 2 unspecified atom stereocenters. The Morgan fingerprint density at radius 2 is 1.52 bits per heavy atom. The highest BCUT2D eigenvalue weighted by Gasteiger charge is 2.34. The van der Waals surface area contributed by atoms with Gasteiger partial charge in [-0.15, -0.1) is 0 Å². The lowest BCUT2D eigenvalue weighted by Crippen LogP contribution is -2.29. The Bertz CT molecular complexity index is 964. The second-order valence-corrected chi connectivity index (χ2v) is 6.24. The van der Waals surface area contributed by atoms with Crippen LogP contribution in [0, 0.1) is 11.8 Å². The molecule has 2 aliphatic carbocycles. The van der Waals surface area contributed by atoms with Crippen molar-refractivity contribution in [2.45, 2.75) is 6.42 Å². The van der Waals surface area contributed by atoms with Crippen LogP contribution in [0.25, 0.3) is 34.1 Å². The summed E-state index contributed by atoms with van der Waals surface area (Å²) in [5.74, 6) is 1.57. The quantitative estimate of drug-likeness (QED) is 0.631. The number of hydrogen-bond donors (Lipinski definition) is 0. The first-order valence-electron chi connectivity index (χ1n) is 7.71. The average molecular weight is 268 g/mol. The van der Waals surface area contributed by atoms with Gasteiger partial charge in [-0.2, -0.15) is 0 Å². The van der Waals surface area contributed by atoms with Crippen molar-refractivity contribution in [2.24, 2.45) is 11.8 Å². The van der Waals surface area contributed by atoms with Crippen molar-refractivity contribution in [3.63, 3.8) is 0 Å². The minimum Gasteiger partial charge on any atom is -0.0729 e. The summed E-state index contributed by atoms with van der Waals surface area (Å²) in [6.45, 7) is 0. The highest BCUT2D eigenvalue weighted by atomic mass is 14.4. The summed E-state index contributed by atoms with van der Waals surface area (Å²) >= 11 is 0. The van der Waals surface area contributed by atoms with Gasteiger partial charge in [-0.25, -0.2) is 0 Å². The molecule has 0 heteroatoms. The minimum atomic E-state index is 0.779. The molecule has 21 heavy (non-hydrogen) atoms. The van der Waals surface area contributed by atoms with Crippen LogP contribution in [0.5, 0.6) is 0 Å². The van der Waals surface area contributed by atoms with Crippen LogP contribution in [0.2, 0.25) is 0 Å². The topological polar surface area (TPSA) is 0 Å². The van der Waals surface area contributed by atoms with Crippen LogP contribution in [0.15, 0.2) is 60.7 Å². The van der Waals surface area contributed by atoms with Gasteiger partial charge in [0.05, 0.1) is 0 Å². The van der Waals surface area contributed by atoms with Crippen molar-refractivity contribution in [2.75, 3.05) is 0 Å². The van der Waals surface area contributed by atoms with Crippen molar-refractivity contribution in [3.05, 3.63) is 71.1 Å². The van der Waals surface area contributed by atoms with E-state index >= 15 is 0 Å². The molecule has 2 atom stereocenters. The second-order valence-electron chi connectivity index (χ2n) is 6.24. The van der Waals surface area contributed by atoms with Crippen LogP contribution in [0.1, 0.15) is 6.42 Å². The van der Waals surface area contributed by atoms with Crippen molar-refractivity contribution >= 4 is 22.9 Å². The van der Waals surface area contributed by atoms with Gasteiger partial charge < -0.3 is 0 Å². The third-order valence-electron chi connectivity index (χ3n) is 4.85. The maximum atomic E-state index is 2.51. The minimum absolute atomic E-state index is 0.779. The Hall–Kier alpha value is -2.34. The van der Waals surface area contributed by atoms with Gasteiger partial charge in [0, 0.05) is 0 Å². The van der Waals surface area contributed by atoms with Crippen LogP contribution >= 0.6 is 0 Å². The Balaban J connectivity index is 2.00. The zero-order valence-electron chi connectivity index (χ0n) is 11.8. The van der Waals surface area contributed by atoms with E-state index < -0.39 is 0 Å². The van der Waals surface area contributed by atoms with Crippen LogP contribution in [-0.4, -0.2) is 0 Å². The summed E-state index contributed by atoms with van der Waals surface area (Å²) in [7, 11) is 0. The van der Waals surface area contributed by atoms with Gasteiger partial charge in [-0.3, -0.25) is 0 Å². The van der Waals surface area contributed by atoms with Gasteiger partial charge in [0.15, 0.2) is 0 Å². The summed E-state index contributed by atoms with van der Waals surface area (Å²) in [5, 5.41) is 5.58. The standard InChI is InChI=1S/C21H16/c1-2-6-14(7-3-1)21-19-9-5-4-8-15(19)10-18-12-16-11-17(16)13-20(18)21/h1-10,12-13,16-17H,11H2. The van der Waals surface area contributed by atoms with Crippen molar-refractivity contribution < 1.29 is 0 Å². The fourth-order valence-corrected chi connectivity index (χ4v) is 3.68. The first kappa shape index (κ1) is 11.3. The molecule has 0 aliphatic heterocycles. The van der Waals surface area contributed by atoms with Gasteiger partial charge >= 0.3 is 0 Å². The molecular weight excluding hydrogens is 252 g/mol. The van der Waals surface area contributed by atoms with Crippen LogP contribution in [0.3, 0.4) is 0 Å². The van der Waals surface area contributed by atoms with E-state index in [4.69, 9.17) is 0 Å². The smallest absolute Gasteiger partial charge is 0.00300 e. The van der Waals surface area contributed by atoms with E-state index in [9.17, 15) is 0 Å². The first-order chi connectivity index (χ1) is 10.4. The first-order valence-corrected chi connectivity index (χ1v) is 7.71. The van der Waals surface area contributed by atoms with Gasteiger partial charge in [-0.05, 0) is 56.7 Å². The van der Waals surface area contributed by atoms with E-state index in [-0.39, 0.29) is 0 Å². The Kier molecular flexibility index (Phi) is 2.20. The van der Waals surface area contributed by atoms with Gasteiger partial charge in [-0.1, -0.05) is 66.7 Å². The van der Waals surface area contributed by atoms with E-state index in [1.165, 1.54) is 38.8 Å². The molecule has 1 fully saturated rings. The molecule has 0 aromatic heterocycles. The summed E-state index contributed by atoms with van der Waals surface area (Å²) in [6.07, 6.45) is 6.33. The molecule has 0 amide bonds. The fourth-order valence-electron chi connectivity index (χ4n) is 3.68. The van der Waals surface area contributed by atoms with E-state index in [0.717, 1.165) is 11.8 Å². The third-order valence-corrected chi connectivity index (χ3v) is 4.85. The van der Waals surface area contributed by atoms with E-state index in [1.54, 1.807) is 0 Å². The number of rotatable bonds is 1. The Labute approximate surface area is 124 Å². The summed E-state index contributed by atoms with van der Waals surface area (Å²) < 4.78 is 0. The lowest BCUT2D eigenvalue weighted by molar-refractivity contribution is 1.06. The van der Waals surface area contributed by atoms with Crippen molar-refractivity contribution in [1.82, 2.24) is 0 Å². The third kappa shape index (κ3) is 1.69. The molecule has 0 spiro atoms. The van der Waals surface area contributed by atoms with E-state index in [1.807, 2.05) is 0 Å². The molecule has 0 heterocycles. The Morgan fingerprint density at radius 1 is 0.762 bits per heavy atom. The molecule has 5 rings (SSSR count). The predicted octanol–water partition coefficient (Wildman–Crippen LogP) is 3.72. The number of fused-ring (bicyclic) bond motifs is 3.